The summed E-state index contributed by atoms with van der Waals surface area (Å²) in [6.45, 7) is 3.60. The molecule has 0 saturated heterocycles. The third-order valence-corrected chi connectivity index (χ3v) is 5.50. The number of hydrogen-bond donors (Lipinski definition) is 2. The van der Waals surface area contributed by atoms with Crippen molar-refractivity contribution in [3.63, 3.8) is 0 Å². The van der Waals surface area contributed by atoms with Gasteiger partial charge in [0.2, 0.25) is 10.0 Å². The molecule has 0 bridgehead atoms. The van der Waals surface area contributed by atoms with Crippen LogP contribution < -0.4 is 10.0 Å². The molecule has 0 fully saturated rings. The summed E-state index contributed by atoms with van der Waals surface area (Å²) in [6, 6.07) is 23.3. The van der Waals surface area contributed by atoms with E-state index in [1.807, 2.05) is 54.6 Å². The van der Waals surface area contributed by atoms with Gasteiger partial charge in [-0.15, -0.1) is 6.58 Å². The quantitative estimate of drug-likeness (QED) is 0.595. The van der Waals surface area contributed by atoms with E-state index in [1.165, 1.54) is 24.3 Å². The number of hydrogen-bond acceptors (Lipinski definition) is 3. The second-order valence-electron chi connectivity index (χ2n) is 6.07. The van der Waals surface area contributed by atoms with Crippen LogP contribution in [-0.4, -0.2) is 20.9 Å². The number of benzene rings is 3. The van der Waals surface area contributed by atoms with Gasteiger partial charge in [0.25, 0.3) is 5.91 Å². The standard InChI is InChI=1S/C22H20N2O3S/c1-2-15-23-28(26,27)21-10-6-9-19(16-21)22(25)24-20-13-11-18(12-14-20)17-7-4-3-5-8-17/h2-14,16,23H,1,15H2,(H,24,25). The van der Waals surface area contributed by atoms with Crippen molar-refractivity contribution in [3.05, 3.63) is 97.1 Å². The predicted octanol–water partition coefficient (Wildman–Crippen LogP) is 4.07. The maximum Gasteiger partial charge on any atom is 0.255 e. The lowest BCUT2D eigenvalue weighted by atomic mass is 10.1. The molecule has 3 aromatic carbocycles. The maximum atomic E-state index is 12.5. The molecule has 3 rings (SSSR count). The molecule has 0 unspecified atom stereocenters. The van der Waals surface area contributed by atoms with Crippen molar-refractivity contribution in [2.75, 3.05) is 11.9 Å². The minimum absolute atomic E-state index is 0.0291. The molecule has 0 aliphatic heterocycles. The van der Waals surface area contributed by atoms with Gasteiger partial charge in [-0.2, -0.15) is 0 Å². The molecule has 0 aliphatic carbocycles. The number of amides is 1. The molecule has 0 heterocycles. The molecule has 0 atom stereocenters. The van der Waals surface area contributed by atoms with E-state index < -0.39 is 10.0 Å². The lowest BCUT2D eigenvalue weighted by Gasteiger charge is -2.09. The molecule has 0 spiro atoms. The van der Waals surface area contributed by atoms with Crippen LogP contribution in [0.2, 0.25) is 0 Å². The van der Waals surface area contributed by atoms with E-state index >= 15 is 0 Å². The Morgan fingerprint density at radius 1 is 0.893 bits per heavy atom. The second kappa shape index (κ2) is 8.65. The number of anilines is 1. The molecule has 142 valence electrons. The zero-order valence-corrected chi connectivity index (χ0v) is 15.9. The third kappa shape index (κ3) is 4.73. The Kier molecular flexibility index (Phi) is 6.03. The Morgan fingerprint density at radius 3 is 2.25 bits per heavy atom. The third-order valence-electron chi connectivity index (χ3n) is 4.07. The molecule has 0 radical (unpaired) electrons. The summed E-state index contributed by atoms with van der Waals surface area (Å²) in [4.78, 5) is 12.5. The van der Waals surface area contributed by atoms with Crippen LogP contribution >= 0.6 is 0 Å². The van der Waals surface area contributed by atoms with E-state index in [-0.39, 0.29) is 22.9 Å². The monoisotopic (exact) mass is 392 g/mol. The van der Waals surface area contributed by atoms with Crippen molar-refractivity contribution in [2.24, 2.45) is 0 Å². The summed E-state index contributed by atoms with van der Waals surface area (Å²) in [5.41, 5.74) is 3.02. The molecule has 0 aromatic heterocycles. The number of sulfonamides is 1. The van der Waals surface area contributed by atoms with Gasteiger partial charge >= 0.3 is 0 Å². The van der Waals surface area contributed by atoms with E-state index in [1.54, 1.807) is 6.07 Å². The van der Waals surface area contributed by atoms with E-state index in [2.05, 4.69) is 16.6 Å². The van der Waals surface area contributed by atoms with Gasteiger partial charge in [0.05, 0.1) is 4.90 Å². The largest absolute Gasteiger partial charge is 0.322 e. The van der Waals surface area contributed by atoms with Crippen LogP contribution in [-0.2, 0) is 10.0 Å². The Balaban J connectivity index is 1.75. The van der Waals surface area contributed by atoms with Crippen LogP contribution in [0.5, 0.6) is 0 Å². The van der Waals surface area contributed by atoms with Crippen LogP contribution in [0.25, 0.3) is 11.1 Å². The summed E-state index contributed by atoms with van der Waals surface area (Å²) in [5.74, 6) is -0.381. The number of rotatable bonds is 7. The molecule has 5 nitrogen and oxygen atoms in total. The minimum atomic E-state index is -3.69. The van der Waals surface area contributed by atoms with Gasteiger partial charge in [0.1, 0.15) is 0 Å². The highest BCUT2D eigenvalue weighted by molar-refractivity contribution is 7.89. The number of carbonyl (C=O) groups excluding carboxylic acids is 1. The Bertz CT molecular complexity index is 1080. The highest BCUT2D eigenvalue weighted by Crippen LogP contribution is 2.21. The Morgan fingerprint density at radius 2 is 1.57 bits per heavy atom. The van der Waals surface area contributed by atoms with E-state index in [0.29, 0.717) is 5.69 Å². The zero-order chi connectivity index (χ0) is 20.0. The van der Waals surface area contributed by atoms with E-state index in [9.17, 15) is 13.2 Å². The van der Waals surface area contributed by atoms with Gasteiger partial charge in [0.15, 0.2) is 0 Å². The molecule has 1 amide bonds. The van der Waals surface area contributed by atoms with Crippen molar-refractivity contribution in [1.82, 2.24) is 4.72 Å². The zero-order valence-electron chi connectivity index (χ0n) is 15.1. The molecule has 6 heteroatoms. The normalized spacial score (nSPS) is 11.0. The number of carbonyl (C=O) groups is 1. The maximum absolute atomic E-state index is 12.5. The van der Waals surface area contributed by atoms with Crippen molar-refractivity contribution in [2.45, 2.75) is 4.90 Å². The van der Waals surface area contributed by atoms with E-state index in [0.717, 1.165) is 11.1 Å². The van der Waals surface area contributed by atoms with Crippen LogP contribution in [0, 0.1) is 0 Å². The van der Waals surface area contributed by atoms with Gasteiger partial charge in [-0.25, -0.2) is 13.1 Å². The van der Waals surface area contributed by atoms with Gasteiger partial charge in [-0.05, 0) is 41.5 Å². The minimum Gasteiger partial charge on any atom is -0.322 e. The fraction of sp³-hybridized carbons (Fsp3) is 0.0455. The first-order valence-electron chi connectivity index (χ1n) is 8.67. The SMILES string of the molecule is C=CCNS(=O)(=O)c1cccc(C(=O)Nc2ccc(-c3ccccc3)cc2)c1. The topological polar surface area (TPSA) is 75.3 Å². The average Bonchev–Trinajstić information content (AvgIpc) is 2.73. The summed E-state index contributed by atoms with van der Waals surface area (Å²) in [7, 11) is -3.69. The lowest BCUT2D eigenvalue weighted by molar-refractivity contribution is 0.102. The summed E-state index contributed by atoms with van der Waals surface area (Å²) >= 11 is 0. The molecule has 0 aliphatic rings. The van der Waals surface area contributed by atoms with Crippen LogP contribution in [0.3, 0.4) is 0 Å². The van der Waals surface area contributed by atoms with Crippen molar-refractivity contribution >= 4 is 21.6 Å². The summed E-state index contributed by atoms with van der Waals surface area (Å²) < 4.78 is 26.8. The van der Waals surface area contributed by atoms with Crippen LogP contribution in [0.15, 0.2) is 96.4 Å². The summed E-state index contributed by atoms with van der Waals surface area (Å²) in [5, 5.41) is 2.79. The highest BCUT2D eigenvalue weighted by Gasteiger charge is 2.15. The molecule has 28 heavy (non-hydrogen) atoms. The lowest BCUT2D eigenvalue weighted by Crippen LogP contribution is -2.24. The van der Waals surface area contributed by atoms with E-state index in [4.69, 9.17) is 0 Å². The van der Waals surface area contributed by atoms with Crippen molar-refractivity contribution < 1.29 is 13.2 Å². The summed E-state index contributed by atoms with van der Waals surface area (Å²) in [6.07, 6.45) is 1.45. The van der Waals surface area contributed by atoms with Gasteiger partial charge in [-0.1, -0.05) is 54.6 Å². The fourth-order valence-electron chi connectivity index (χ4n) is 2.64. The van der Waals surface area contributed by atoms with Gasteiger partial charge in [-0.3, -0.25) is 4.79 Å². The first-order chi connectivity index (χ1) is 13.5. The van der Waals surface area contributed by atoms with Crippen LogP contribution in [0.1, 0.15) is 10.4 Å². The first-order valence-corrected chi connectivity index (χ1v) is 10.2. The smallest absolute Gasteiger partial charge is 0.255 e. The average molecular weight is 392 g/mol. The van der Waals surface area contributed by atoms with Gasteiger partial charge < -0.3 is 5.32 Å². The predicted molar refractivity (Wildman–Crippen MR) is 112 cm³/mol. The molecular weight excluding hydrogens is 372 g/mol. The van der Waals surface area contributed by atoms with Crippen molar-refractivity contribution in [1.29, 1.82) is 0 Å². The first kappa shape index (κ1) is 19.5. The molecule has 2 N–H and O–H groups in total. The van der Waals surface area contributed by atoms with Gasteiger partial charge in [0, 0.05) is 17.8 Å². The highest BCUT2D eigenvalue weighted by atomic mass is 32.2. The second-order valence-corrected chi connectivity index (χ2v) is 7.83. The Labute approximate surface area is 164 Å². The molecule has 3 aromatic rings. The molecular formula is C22H20N2O3S. The molecule has 0 saturated carbocycles. The fourth-order valence-corrected chi connectivity index (χ4v) is 3.68. The Hall–Kier alpha value is -3.22. The van der Waals surface area contributed by atoms with Crippen LogP contribution in [0.4, 0.5) is 5.69 Å². The number of nitrogens with one attached hydrogen (secondary N) is 2. The van der Waals surface area contributed by atoms with Crippen molar-refractivity contribution in [3.8, 4) is 11.1 Å².